The average Bonchev–Trinajstić information content (AvgIpc) is 2.73. The van der Waals surface area contributed by atoms with Gasteiger partial charge < -0.3 is 4.74 Å². The summed E-state index contributed by atoms with van der Waals surface area (Å²) in [4.78, 5) is 18.2. The van der Waals surface area contributed by atoms with Gasteiger partial charge in [-0.05, 0) is 56.9 Å². The molecule has 0 aromatic heterocycles. The summed E-state index contributed by atoms with van der Waals surface area (Å²) in [5.41, 5.74) is 4.17. The molecule has 1 aliphatic heterocycles. The van der Waals surface area contributed by atoms with E-state index in [9.17, 15) is 10.1 Å². The Hall–Kier alpha value is -2.90. The van der Waals surface area contributed by atoms with Crippen LogP contribution in [0.25, 0.3) is 0 Å². The smallest absolute Gasteiger partial charge is 0.161 e. The third kappa shape index (κ3) is 4.16. The lowest BCUT2D eigenvalue weighted by Crippen LogP contribution is -2.32. The van der Waals surface area contributed by atoms with E-state index in [0.29, 0.717) is 23.4 Å². The molecular weight excluding hydrogens is 408 g/mol. The van der Waals surface area contributed by atoms with Crippen molar-refractivity contribution in [2.75, 3.05) is 0 Å². The van der Waals surface area contributed by atoms with E-state index in [0.717, 1.165) is 28.3 Å². The van der Waals surface area contributed by atoms with E-state index in [1.54, 1.807) is 0 Å². The monoisotopic (exact) mass is 432 g/mol. The minimum Gasteiger partial charge on any atom is -0.491 e. The van der Waals surface area contributed by atoms with Crippen molar-refractivity contribution < 1.29 is 9.53 Å². The number of nitriles is 1. The highest BCUT2D eigenvalue weighted by Crippen LogP contribution is 2.48. The lowest BCUT2D eigenvalue weighted by atomic mass is 9.69. The van der Waals surface area contributed by atoms with Gasteiger partial charge in [0.15, 0.2) is 5.78 Å². The van der Waals surface area contributed by atoms with Crippen LogP contribution in [0.4, 0.5) is 0 Å². The summed E-state index contributed by atoms with van der Waals surface area (Å²) in [6.07, 6.45) is 1.06. The van der Waals surface area contributed by atoms with Gasteiger partial charge in [-0.2, -0.15) is 5.26 Å². The van der Waals surface area contributed by atoms with Gasteiger partial charge in [-0.3, -0.25) is 9.79 Å². The van der Waals surface area contributed by atoms with Gasteiger partial charge >= 0.3 is 0 Å². The molecule has 31 heavy (non-hydrogen) atoms. The zero-order valence-electron chi connectivity index (χ0n) is 17.9. The van der Waals surface area contributed by atoms with Crippen LogP contribution in [0.2, 0.25) is 5.02 Å². The molecule has 0 spiro atoms. The summed E-state index contributed by atoms with van der Waals surface area (Å²) < 4.78 is 6.05. The fourth-order valence-electron chi connectivity index (χ4n) is 4.63. The van der Waals surface area contributed by atoms with E-state index in [-0.39, 0.29) is 23.7 Å². The summed E-state index contributed by atoms with van der Waals surface area (Å²) in [5, 5.41) is 10.7. The second kappa shape index (κ2) is 8.69. The molecule has 2 aromatic rings. The number of rotatable bonds is 4. The quantitative estimate of drug-likeness (QED) is 0.575. The van der Waals surface area contributed by atoms with Gasteiger partial charge in [0, 0.05) is 39.9 Å². The standard InChI is InChI=1S/C26H25ClN2O2/c1-15(2)31-24-7-5-4-6-20(24)25-21(14-28)16(3)29-22-12-18(13-23(30)26(22)25)17-8-10-19(27)11-9-17/h4-11,15,18,21,25H,12-13H2,1-3H3. The molecule has 0 saturated heterocycles. The van der Waals surface area contributed by atoms with Crippen LogP contribution in [0.3, 0.4) is 0 Å². The van der Waals surface area contributed by atoms with Crippen LogP contribution in [-0.2, 0) is 4.79 Å². The Kier molecular flexibility index (Phi) is 5.98. The number of Topliss-reactive ketones (excluding diaryl/α,β-unsaturated/α-hetero) is 1. The Morgan fingerprint density at radius 1 is 1.13 bits per heavy atom. The van der Waals surface area contributed by atoms with Crippen molar-refractivity contribution in [1.29, 1.82) is 5.26 Å². The Bertz CT molecular complexity index is 1110. The van der Waals surface area contributed by atoms with Crippen molar-refractivity contribution in [2.45, 2.75) is 51.6 Å². The number of benzene rings is 2. The molecule has 0 bridgehead atoms. The number of aliphatic imine (C=N–C) groups is 1. The van der Waals surface area contributed by atoms with E-state index < -0.39 is 5.92 Å². The van der Waals surface area contributed by atoms with Gasteiger partial charge in [0.2, 0.25) is 0 Å². The van der Waals surface area contributed by atoms with Gasteiger partial charge in [0.25, 0.3) is 0 Å². The van der Waals surface area contributed by atoms with Crippen molar-refractivity contribution in [3.63, 3.8) is 0 Å². The number of para-hydroxylation sites is 1. The zero-order valence-corrected chi connectivity index (χ0v) is 18.7. The number of ether oxygens (including phenoxy) is 1. The van der Waals surface area contributed by atoms with Crippen LogP contribution < -0.4 is 4.74 Å². The molecule has 2 aromatic carbocycles. The second-order valence-corrected chi connectivity index (χ2v) is 8.92. The normalized spacial score (nSPS) is 23.3. The number of halogens is 1. The van der Waals surface area contributed by atoms with Gasteiger partial charge in [-0.15, -0.1) is 0 Å². The molecule has 5 heteroatoms. The highest BCUT2D eigenvalue weighted by molar-refractivity contribution is 6.30. The Balaban J connectivity index is 1.80. The molecule has 2 aliphatic rings. The number of hydrogen-bond acceptors (Lipinski definition) is 4. The van der Waals surface area contributed by atoms with Gasteiger partial charge in [-0.1, -0.05) is 41.9 Å². The third-order valence-corrected chi connectivity index (χ3v) is 6.24. The zero-order chi connectivity index (χ0) is 22.1. The highest BCUT2D eigenvalue weighted by atomic mass is 35.5. The van der Waals surface area contributed by atoms with Crippen molar-refractivity contribution in [1.82, 2.24) is 0 Å². The van der Waals surface area contributed by atoms with Gasteiger partial charge in [-0.25, -0.2) is 0 Å². The molecule has 1 aliphatic carbocycles. The predicted octanol–water partition coefficient (Wildman–Crippen LogP) is 6.23. The molecule has 4 rings (SSSR count). The molecule has 0 amide bonds. The maximum Gasteiger partial charge on any atom is 0.161 e. The van der Waals surface area contributed by atoms with Crippen molar-refractivity contribution in [3.05, 3.63) is 76.0 Å². The van der Waals surface area contributed by atoms with Gasteiger partial charge in [0.05, 0.1) is 18.1 Å². The van der Waals surface area contributed by atoms with Crippen molar-refractivity contribution in [2.24, 2.45) is 10.9 Å². The van der Waals surface area contributed by atoms with E-state index >= 15 is 0 Å². The first kappa shape index (κ1) is 21.3. The first-order valence-electron chi connectivity index (χ1n) is 10.6. The van der Waals surface area contributed by atoms with E-state index in [1.807, 2.05) is 69.3 Å². The van der Waals surface area contributed by atoms with Crippen LogP contribution in [0.15, 0.2) is 64.8 Å². The number of nitrogens with zero attached hydrogens (tertiary/aromatic N) is 2. The Morgan fingerprint density at radius 2 is 1.84 bits per heavy atom. The fourth-order valence-corrected chi connectivity index (χ4v) is 4.76. The molecule has 0 fully saturated rings. The highest BCUT2D eigenvalue weighted by Gasteiger charge is 2.42. The molecule has 3 atom stereocenters. The first-order chi connectivity index (χ1) is 14.9. The molecule has 0 N–H and O–H groups in total. The molecule has 1 heterocycles. The van der Waals surface area contributed by atoms with E-state index in [4.69, 9.17) is 21.3 Å². The largest absolute Gasteiger partial charge is 0.491 e. The lowest BCUT2D eigenvalue weighted by molar-refractivity contribution is -0.116. The van der Waals surface area contributed by atoms with Crippen molar-refractivity contribution in [3.8, 4) is 11.8 Å². The SMILES string of the molecule is CC1=NC2=C(C(=O)CC(c3ccc(Cl)cc3)C2)C(c2ccccc2OC(C)C)C1C#N. The minimum absolute atomic E-state index is 0.00941. The molecule has 3 unspecified atom stereocenters. The maximum atomic E-state index is 13.5. The average molecular weight is 433 g/mol. The van der Waals surface area contributed by atoms with Crippen molar-refractivity contribution >= 4 is 23.1 Å². The Morgan fingerprint density at radius 3 is 2.52 bits per heavy atom. The van der Waals surface area contributed by atoms with Crippen LogP contribution >= 0.6 is 11.6 Å². The number of carbonyl (C=O) groups is 1. The number of carbonyl (C=O) groups excluding carboxylic acids is 1. The predicted molar refractivity (Wildman–Crippen MR) is 123 cm³/mol. The minimum atomic E-state index is -0.494. The fraction of sp³-hybridized carbons (Fsp3) is 0.346. The second-order valence-electron chi connectivity index (χ2n) is 8.48. The number of allylic oxidation sites excluding steroid dienone is 2. The number of hydrogen-bond donors (Lipinski definition) is 0. The van der Waals surface area contributed by atoms with Crippen LogP contribution in [0, 0.1) is 17.2 Å². The first-order valence-corrected chi connectivity index (χ1v) is 11.0. The molecule has 0 radical (unpaired) electrons. The van der Waals surface area contributed by atoms with E-state index in [1.165, 1.54) is 0 Å². The maximum absolute atomic E-state index is 13.5. The summed E-state index contributed by atoms with van der Waals surface area (Å²) in [5.74, 6) is -0.0294. The molecule has 0 saturated carbocycles. The van der Waals surface area contributed by atoms with Gasteiger partial charge in [0.1, 0.15) is 5.75 Å². The summed E-state index contributed by atoms with van der Waals surface area (Å²) in [6, 6.07) is 17.8. The Labute approximate surface area is 188 Å². The summed E-state index contributed by atoms with van der Waals surface area (Å²) >= 11 is 6.04. The van der Waals surface area contributed by atoms with Crippen LogP contribution in [0.5, 0.6) is 5.75 Å². The number of ketones is 1. The lowest BCUT2D eigenvalue weighted by Gasteiger charge is -2.35. The summed E-state index contributed by atoms with van der Waals surface area (Å²) in [6.45, 7) is 5.82. The third-order valence-electron chi connectivity index (χ3n) is 5.99. The molecule has 4 nitrogen and oxygen atoms in total. The van der Waals surface area contributed by atoms with Crippen LogP contribution in [0.1, 0.15) is 56.6 Å². The van der Waals surface area contributed by atoms with Crippen LogP contribution in [-0.4, -0.2) is 17.6 Å². The van der Waals surface area contributed by atoms with E-state index in [2.05, 4.69) is 6.07 Å². The molecular formula is C26H25ClN2O2. The topological polar surface area (TPSA) is 62.4 Å². The summed E-state index contributed by atoms with van der Waals surface area (Å²) in [7, 11) is 0. The molecule has 158 valence electrons.